The SMILES string of the molecule is O=C(Nc1cnc(-n2nccn2)c(Cl)c1)N1CC(C2CC2)Oc2c(Br)cncc21. The number of halogens is 2. The van der Waals surface area contributed by atoms with Crippen LogP contribution >= 0.6 is 27.5 Å². The van der Waals surface area contributed by atoms with Crippen molar-refractivity contribution in [1.82, 2.24) is 25.0 Å². The second kappa shape index (κ2) is 7.27. The van der Waals surface area contributed by atoms with Crippen LogP contribution in [0.5, 0.6) is 5.75 Å². The molecule has 1 aliphatic carbocycles. The van der Waals surface area contributed by atoms with Crippen molar-refractivity contribution >= 4 is 44.9 Å². The van der Waals surface area contributed by atoms with Crippen LogP contribution in [0.4, 0.5) is 16.2 Å². The predicted molar refractivity (Wildman–Crippen MR) is 110 cm³/mol. The average Bonchev–Trinajstić information content (AvgIpc) is 3.43. The summed E-state index contributed by atoms with van der Waals surface area (Å²) in [5.74, 6) is 1.48. The van der Waals surface area contributed by atoms with Gasteiger partial charge in [-0.3, -0.25) is 9.88 Å². The van der Waals surface area contributed by atoms with Crippen LogP contribution in [0.2, 0.25) is 5.02 Å². The molecular formula is C18H15BrClN7O2. The largest absolute Gasteiger partial charge is 0.485 e. The Labute approximate surface area is 179 Å². The van der Waals surface area contributed by atoms with Gasteiger partial charge in [0.05, 0.1) is 46.5 Å². The van der Waals surface area contributed by atoms with Crippen LogP contribution in [-0.2, 0) is 0 Å². The van der Waals surface area contributed by atoms with E-state index < -0.39 is 0 Å². The van der Waals surface area contributed by atoms with Crippen LogP contribution in [0.15, 0.2) is 41.5 Å². The van der Waals surface area contributed by atoms with Crippen molar-refractivity contribution in [3.63, 3.8) is 0 Å². The zero-order valence-electron chi connectivity index (χ0n) is 15.0. The van der Waals surface area contributed by atoms with Gasteiger partial charge in [-0.2, -0.15) is 10.2 Å². The molecule has 1 atom stereocenters. The molecule has 9 nitrogen and oxygen atoms in total. The van der Waals surface area contributed by atoms with Crippen molar-refractivity contribution < 1.29 is 9.53 Å². The molecule has 1 fully saturated rings. The topological polar surface area (TPSA) is 98.1 Å². The standard InChI is InChI=1S/C18H15BrClN7O2/c19-12-7-21-8-14-16(12)29-15(10-1-2-10)9-26(14)18(28)25-11-5-13(20)17(22-6-11)27-23-3-4-24-27/h3-8,10,15H,1-2,9H2,(H,25,28). The van der Waals surface area contributed by atoms with Gasteiger partial charge in [0.25, 0.3) is 0 Å². The lowest BCUT2D eigenvalue weighted by atomic mass is 10.1. The molecule has 2 aliphatic rings. The molecule has 3 aromatic rings. The second-order valence-electron chi connectivity index (χ2n) is 6.85. The zero-order chi connectivity index (χ0) is 20.0. The number of aromatic nitrogens is 5. The number of carbonyl (C=O) groups is 1. The Morgan fingerprint density at radius 3 is 2.76 bits per heavy atom. The van der Waals surface area contributed by atoms with Gasteiger partial charge in [0.1, 0.15) is 11.8 Å². The van der Waals surface area contributed by atoms with Gasteiger partial charge < -0.3 is 10.1 Å². The lowest BCUT2D eigenvalue weighted by Gasteiger charge is -2.35. The fourth-order valence-corrected chi connectivity index (χ4v) is 3.91. The van der Waals surface area contributed by atoms with Crippen molar-refractivity contribution in [3.05, 3.63) is 46.5 Å². The van der Waals surface area contributed by atoms with Crippen molar-refractivity contribution in [2.75, 3.05) is 16.8 Å². The van der Waals surface area contributed by atoms with Crippen LogP contribution in [-0.4, -0.2) is 43.6 Å². The number of anilines is 2. The third kappa shape index (κ3) is 3.53. The molecule has 0 saturated heterocycles. The molecule has 29 heavy (non-hydrogen) atoms. The summed E-state index contributed by atoms with van der Waals surface area (Å²) in [4.78, 5) is 24.5. The molecule has 1 saturated carbocycles. The van der Waals surface area contributed by atoms with E-state index in [2.05, 4.69) is 41.4 Å². The summed E-state index contributed by atoms with van der Waals surface area (Å²) < 4.78 is 6.86. The Bertz CT molecular complexity index is 1070. The third-order valence-corrected chi connectivity index (χ3v) is 5.67. The van der Waals surface area contributed by atoms with Crippen molar-refractivity contribution in [2.45, 2.75) is 18.9 Å². The van der Waals surface area contributed by atoms with E-state index in [4.69, 9.17) is 16.3 Å². The molecule has 0 bridgehead atoms. The number of ether oxygens (including phenoxy) is 1. The molecule has 5 rings (SSSR count). The summed E-state index contributed by atoms with van der Waals surface area (Å²) >= 11 is 9.77. The van der Waals surface area contributed by atoms with Gasteiger partial charge in [-0.1, -0.05) is 11.6 Å². The van der Waals surface area contributed by atoms with Crippen LogP contribution in [0.25, 0.3) is 5.82 Å². The van der Waals surface area contributed by atoms with Gasteiger partial charge in [-0.15, -0.1) is 4.80 Å². The van der Waals surface area contributed by atoms with Crippen molar-refractivity contribution in [1.29, 1.82) is 0 Å². The maximum atomic E-state index is 13.1. The smallest absolute Gasteiger partial charge is 0.326 e. The summed E-state index contributed by atoms with van der Waals surface area (Å²) in [5, 5.41) is 11.2. The first-order chi connectivity index (χ1) is 14.1. The lowest BCUT2D eigenvalue weighted by Crippen LogP contribution is -2.46. The summed E-state index contributed by atoms with van der Waals surface area (Å²) in [6, 6.07) is 1.31. The molecule has 1 unspecified atom stereocenters. The average molecular weight is 477 g/mol. The van der Waals surface area contributed by atoms with E-state index in [1.54, 1.807) is 23.4 Å². The van der Waals surface area contributed by atoms with Gasteiger partial charge in [-0.25, -0.2) is 9.78 Å². The first kappa shape index (κ1) is 18.3. The van der Waals surface area contributed by atoms with E-state index in [0.29, 0.717) is 40.4 Å². The molecule has 0 radical (unpaired) electrons. The molecule has 0 aromatic carbocycles. The van der Waals surface area contributed by atoms with Crippen LogP contribution < -0.4 is 15.0 Å². The number of amides is 2. The van der Waals surface area contributed by atoms with E-state index in [0.717, 1.165) is 17.3 Å². The lowest BCUT2D eigenvalue weighted by molar-refractivity contribution is 0.170. The van der Waals surface area contributed by atoms with Crippen LogP contribution in [0.1, 0.15) is 12.8 Å². The number of fused-ring (bicyclic) bond motifs is 1. The summed E-state index contributed by atoms with van der Waals surface area (Å²) in [6.07, 6.45) is 10.1. The van der Waals surface area contributed by atoms with Gasteiger partial charge in [0, 0.05) is 6.20 Å². The quantitative estimate of drug-likeness (QED) is 0.619. The predicted octanol–water partition coefficient (Wildman–Crippen LogP) is 3.68. The minimum atomic E-state index is -0.303. The maximum Gasteiger partial charge on any atom is 0.326 e. The van der Waals surface area contributed by atoms with Gasteiger partial charge in [-0.05, 0) is 40.8 Å². The number of hydrogen-bond acceptors (Lipinski definition) is 6. The van der Waals surface area contributed by atoms with E-state index in [1.165, 1.54) is 23.4 Å². The second-order valence-corrected chi connectivity index (χ2v) is 8.11. The molecule has 4 heterocycles. The highest BCUT2D eigenvalue weighted by Crippen LogP contribution is 2.44. The monoisotopic (exact) mass is 475 g/mol. The van der Waals surface area contributed by atoms with Gasteiger partial charge in [0.15, 0.2) is 11.6 Å². The number of rotatable bonds is 3. The molecule has 1 aliphatic heterocycles. The van der Waals surface area contributed by atoms with Crippen LogP contribution in [0.3, 0.4) is 0 Å². The number of pyridine rings is 2. The molecule has 2 amide bonds. The highest BCUT2D eigenvalue weighted by Gasteiger charge is 2.40. The van der Waals surface area contributed by atoms with E-state index in [9.17, 15) is 4.79 Å². The van der Waals surface area contributed by atoms with Gasteiger partial charge >= 0.3 is 6.03 Å². The van der Waals surface area contributed by atoms with E-state index in [-0.39, 0.29) is 12.1 Å². The fourth-order valence-electron chi connectivity index (χ4n) is 3.26. The Kier molecular flexibility index (Phi) is 4.59. The Morgan fingerprint density at radius 1 is 1.24 bits per heavy atom. The van der Waals surface area contributed by atoms with E-state index in [1.807, 2.05) is 0 Å². The number of urea groups is 1. The maximum absolute atomic E-state index is 13.1. The Hall–Kier alpha value is -2.72. The molecule has 0 spiro atoms. The molecule has 1 N–H and O–H groups in total. The highest BCUT2D eigenvalue weighted by molar-refractivity contribution is 9.10. The summed E-state index contributed by atoms with van der Waals surface area (Å²) in [7, 11) is 0. The zero-order valence-corrected chi connectivity index (χ0v) is 17.3. The van der Waals surface area contributed by atoms with Crippen molar-refractivity contribution in [3.8, 4) is 11.6 Å². The third-order valence-electron chi connectivity index (χ3n) is 4.83. The number of hydrogen-bond donors (Lipinski definition) is 1. The molecule has 148 valence electrons. The fraction of sp³-hybridized carbons (Fsp3) is 0.278. The molecular weight excluding hydrogens is 462 g/mol. The number of carbonyl (C=O) groups excluding carboxylic acids is 1. The van der Waals surface area contributed by atoms with Crippen molar-refractivity contribution in [2.24, 2.45) is 5.92 Å². The van der Waals surface area contributed by atoms with E-state index >= 15 is 0 Å². The first-order valence-corrected chi connectivity index (χ1v) is 10.2. The first-order valence-electron chi connectivity index (χ1n) is 9.01. The Balaban J connectivity index is 1.40. The number of nitrogens with zero attached hydrogens (tertiary/aromatic N) is 6. The number of nitrogens with one attached hydrogen (secondary N) is 1. The normalized spacial score (nSPS) is 18.1. The summed E-state index contributed by atoms with van der Waals surface area (Å²) in [5.41, 5.74) is 1.08. The van der Waals surface area contributed by atoms with Crippen LogP contribution in [0, 0.1) is 5.92 Å². The minimum absolute atomic E-state index is 0.0399. The summed E-state index contributed by atoms with van der Waals surface area (Å²) in [6.45, 7) is 0.456. The van der Waals surface area contributed by atoms with Gasteiger partial charge in [0.2, 0.25) is 0 Å². The molecule has 3 aromatic heterocycles. The minimum Gasteiger partial charge on any atom is -0.485 e. The Morgan fingerprint density at radius 2 is 2.03 bits per heavy atom. The highest BCUT2D eigenvalue weighted by atomic mass is 79.9. The molecule has 11 heteroatoms.